The lowest BCUT2D eigenvalue weighted by Crippen LogP contribution is -2.16. The molecule has 1 aromatic heterocycles. The zero-order chi connectivity index (χ0) is 9.68. The molecule has 0 atom stereocenters. The summed E-state index contributed by atoms with van der Waals surface area (Å²) in [7, 11) is 3.26. The number of hydrogen-bond donors (Lipinski definition) is 1. The molecule has 0 saturated carbocycles. The summed E-state index contributed by atoms with van der Waals surface area (Å²) in [6.07, 6.45) is 1.86. The van der Waals surface area contributed by atoms with Gasteiger partial charge in [0, 0.05) is 18.4 Å². The summed E-state index contributed by atoms with van der Waals surface area (Å²) in [5, 5.41) is 3.03. The number of hydrogen-bond acceptors (Lipinski definition) is 3. The van der Waals surface area contributed by atoms with E-state index in [2.05, 4.69) is 10.1 Å². The summed E-state index contributed by atoms with van der Waals surface area (Å²) in [5.41, 5.74) is 1.08. The lowest BCUT2D eigenvalue weighted by molar-refractivity contribution is -0.141. The van der Waals surface area contributed by atoms with Crippen molar-refractivity contribution in [3.63, 3.8) is 0 Å². The Balaban J connectivity index is 2.64. The largest absolute Gasteiger partial charge is 0.468 e. The van der Waals surface area contributed by atoms with E-state index in [1.54, 1.807) is 0 Å². The Morgan fingerprint density at radius 2 is 2.46 bits per heavy atom. The molecule has 0 aliphatic carbocycles. The standard InChI is InChI=1S/C9H14N2O2/c1-10-6-8-4-3-5-11(8)7-9(12)13-2/h3-5,10H,6-7H2,1-2H3. The Morgan fingerprint density at radius 3 is 3.08 bits per heavy atom. The zero-order valence-electron chi connectivity index (χ0n) is 7.91. The molecule has 0 saturated heterocycles. The van der Waals surface area contributed by atoms with Gasteiger partial charge in [0.1, 0.15) is 6.54 Å². The third-order valence-corrected chi connectivity index (χ3v) is 1.81. The fourth-order valence-electron chi connectivity index (χ4n) is 1.15. The molecule has 72 valence electrons. The Hall–Kier alpha value is -1.29. The van der Waals surface area contributed by atoms with Crippen LogP contribution in [0.2, 0.25) is 0 Å². The minimum Gasteiger partial charge on any atom is -0.468 e. The van der Waals surface area contributed by atoms with Crippen LogP contribution in [-0.2, 0) is 22.6 Å². The van der Waals surface area contributed by atoms with Crippen LogP contribution in [0.1, 0.15) is 5.69 Å². The highest BCUT2D eigenvalue weighted by atomic mass is 16.5. The molecule has 0 aromatic carbocycles. The van der Waals surface area contributed by atoms with Crippen molar-refractivity contribution in [2.75, 3.05) is 14.2 Å². The molecule has 0 radical (unpaired) electrons. The molecular formula is C9H14N2O2. The highest BCUT2D eigenvalue weighted by Gasteiger charge is 2.04. The molecule has 0 bridgehead atoms. The number of ether oxygens (including phenoxy) is 1. The maximum atomic E-state index is 11.0. The summed E-state index contributed by atoms with van der Waals surface area (Å²) in [4.78, 5) is 11.0. The molecule has 1 aromatic rings. The van der Waals surface area contributed by atoms with E-state index in [0.717, 1.165) is 12.2 Å². The number of esters is 1. The fourth-order valence-corrected chi connectivity index (χ4v) is 1.15. The second-order valence-electron chi connectivity index (χ2n) is 2.73. The van der Waals surface area contributed by atoms with Gasteiger partial charge in [-0.2, -0.15) is 0 Å². The van der Waals surface area contributed by atoms with Crippen LogP contribution in [0, 0.1) is 0 Å². The van der Waals surface area contributed by atoms with Crippen molar-refractivity contribution in [3.8, 4) is 0 Å². The Labute approximate surface area is 77.5 Å². The summed E-state index contributed by atoms with van der Waals surface area (Å²) in [5.74, 6) is -0.228. The lowest BCUT2D eigenvalue weighted by Gasteiger charge is -2.06. The Bertz CT molecular complexity index is 281. The number of carbonyl (C=O) groups is 1. The normalized spacial score (nSPS) is 10.0. The second kappa shape index (κ2) is 4.67. The van der Waals surface area contributed by atoms with E-state index in [1.807, 2.05) is 29.9 Å². The minimum absolute atomic E-state index is 0.228. The number of aromatic nitrogens is 1. The van der Waals surface area contributed by atoms with E-state index >= 15 is 0 Å². The first-order valence-corrected chi connectivity index (χ1v) is 4.13. The van der Waals surface area contributed by atoms with E-state index in [0.29, 0.717) is 0 Å². The third kappa shape index (κ3) is 2.59. The fraction of sp³-hybridized carbons (Fsp3) is 0.444. The molecule has 0 aliphatic heterocycles. The number of nitrogens with zero attached hydrogens (tertiary/aromatic N) is 1. The van der Waals surface area contributed by atoms with E-state index in [4.69, 9.17) is 0 Å². The van der Waals surface area contributed by atoms with Gasteiger partial charge in [0.25, 0.3) is 0 Å². The van der Waals surface area contributed by atoms with Crippen molar-refractivity contribution in [2.24, 2.45) is 0 Å². The number of rotatable bonds is 4. The maximum absolute atomic E-state index is 11.0. The van der Waals surface area contributed by atoms with Crippen LogP contribution in [0.3, 0.4) is 0 Å². The molecule has 0 spiro atoms. The predicted molar refractivity (Wildman–Crippen MR) is 49.2 cm³/mol. The van der Waals surface area contributed by atoms with Crippen molar-refractivity contribution in [1.29, 1.82) is 0 Å². The number of carbonyl (C=O) groups excluding carboxylic acids is 1. The predicted octanol–water partition coefficient (Wildman–Crippen LogP) is 0.380. The van der Waals surface area contributed by atoms with Crippen LogP contribution in [0.15, 0.2) is 18.3 Å². The highest BCUT2D eigenvalue weighted by molar-refractivity contribution is 5.69. The smallest absolute Gasteiger partial charge is 0.325 e. The zero-order valence-corrected chi connectivity index (χ0v) is 7.91. The molecule has 4 nitrogen and oxygen atoms in total. The molecule has 0 fully saturated rings. The van der Waals surface area contributed by atoms with E-state index in [-0.39, 0.29) is 12.5 Å². The quantitative estimate of drug-likeness (QED) is 0.685. The molecule has 13 heavy (non-hydrogen) atoms. The van der Waals surface area contributed by atoms with Gasteiger partial charge >= 0.3 is 5.97 Å². The van der Waals surface area contributed by atoms with Crippen molar-refractivity contribution in [2.45, 2.75) is 13.1 Å². The monoisotopic (exact) mass is 182 g/mol. The summed E-state index contributed by atoms with van der Waals surface area (Å²) in [6.45, 7) is 1.03. The molecule has 1 rings (SSSR count). The lowest BCUT2D eigenvalue weighted by atomic mass is 10.4. The SMILES string of the molecule is CNCc1cccn1CC(=O)OC. The Kier molecular flexibility index (Phi) is 3.52. The average Bonchev–Trinajstić information content (AvgIpc) is 2.54. The number of methoxy groups -OCH3 is 1. The topological polar surface area (TPSA) is 43.3 Å². The van der Waals surface area contributed by atoms with Gasteiger partial charge in [-0.25, -0.2) is 0 Å². The molecule has 0 aliphatic rings. The van der Waals surface area contributed by atoms with Gasteiger partial charge in [-0.05, 0) is 19.2 Å². The summed E-state index contributed by atoms with van der Waals surface area (Å²) >= 11 is 0. The van der Waals surface area contributed by atoms with Crippen LogP contribution in [-0.4, -0.2) is 24.7 Å². The van der Waals surface area contributed by atoms with Crippen LogP contribution in [0.5, 0.6) is 0 Å². The van der Waals surface area contributed by atoms with E-state index in [1.165, 1.54) is 7.11 Å². The number of nitrogens with one attached hydrogen (secondary N) is 1. The minimum atomic E-state index is -0.228. The van der Waals surface area contributed by atoms with Crippen molar-refractivity contribution in [3.05, 3.63) is 24.0 Å². The van der Waals surface area contributed by atoms with Crippen LogP contribution >= 0.6 is 0 Å². The second-order valence-corrected chi connectivity index (χ2v) is 2.73. The van der Waals surface area contributed by atoms with E-state index < -0.39 is 0 Å². The van der Waals surface area contributed by atoms with Crippen molar-refractivity contribution in [1.82, 2.24) is 9.88 Å². The van der Waals surface area contributed by atoms with Gasteiger partial charge in [0.05, 0.1) is 7.11 Å². The molecular weight excluding hydrogens is 168 g/mol. The van der Waals surface area contributed by atoms with Gasteiger partial charge in [0.2, 0.25) is 0 Å². The average molecular weight is 182 g/mol. The first-order valence-electron chi connectivity index (χ1n) is 4.13. The van der Waals surface area contributed by atoms with Gasteiger partial charge < -0.3 is 14.6 Å². The van der Waals surface area contributed by atoms with Crippen molar-refractivity contribution >= 4 is 5.97 Å². The van der Waals surface area contributed by atoms with Gasteiger partial charge in [-0.3, -0.25) is 4.79 Å². The summed E-state index contributed by atoms with van der Waals surface area (Å²) in [6, 6.07) is 3.88. The molecule has 4 heteroatoms. The third-order valence-electron chi connectivity index (χ3n) is 1.81. The van der Waals surface area contributed by atoms with Gasteiger partial charge in [-0.1, -0.05) is 0 Å². The van der Waals surface area contributed by atoms with Gasteiger partial charge in [0.15, 0.2) is 0 Å². The van der Waals surface area contributed by atoms with Crippen LogP contribution < -0.4 is 5.32 Å². The molecule has 0 amide bonds. The molecule has 0 unspecified atom stereocenters. The Morgan fingerprint density at radius 1 is 1.69 bits per heavy atom. The molecule has 1 N–H and O–H groups in total. The van der Waals surface area contributed by atoms with Crippen molar-refractivity contribution < 1.29 is 9.53 Å². The summed E-state index contributed by atoms with van der Waals surface area (Å²) < 4.78 is 6.44. The maximum Gasteiger partial charge on any atom is 0.325 e. The van der Waals surface area contributed by atoms with Crippen LogP contribution in [0.25, 0.3) is 0 Å². The van der Waals surface area contributed by atoms with E-state index in [9.17, 15) is 4.79 Å². The highest BCUT2D eigenvalue weighted by Crippen LogP contribution is 2.01. The molecule has 1 heterocycles. The first kappa shape index (κ1) is 9.80. The van der Waals surface area contributed by atoms with Crippen LogP contribution in [0.4, 0.5) is 0 Å². The first-order chi connectivity index (χ1) is 6.27. The van der Waals surface area contributed by atoms with Gasteiger partial charge in [-0.15, -0.1) is 0 Å².